The van der Waals surface area contributed by atoms with E-state index in [0.29, 0.717) is 29.4 Å². The standard InChI is InChI=1S/C20H21Cl2N3O4S/c1-30(28,29)25(18-9-8-14(21)12-16(18)22)13-19(26)23-17-7-3-2-6-15(17)20(27)24-10-4-5-11-24/h2-3,6-9,12H,4-5,10-11,13H2,1H3,(H,23,26). The lowest BCUT2D eigenvalue weighted by molar-refractivity contribution is -0.114. The Balaban J connectivity index is 1.82. The van der Waals surface area contributed by atoms with E-state index in [0.717, 1.165) is 23.4 Å². The van der Waals surface area contributed by atoms with Crippen molar-refractivity contribution in [2.45, 2.75) is 12.8 Å². The summed E-state index contributed by atoms with van der Waals surface area (Å²) in [6, 6.07) is 11.0. The van der Waals surface area contributed by atoms with Gasteiger partial charge in [0.2, 0.25) is 15.9 Å². The number of nitrogens with zero attached hydrogens (tertiary/aromatic N) is 2. The first-order valence-corrected chi connectivity index (χ1v) is 11.9. The number of likely N-dealkylation sites (tertiary alicyclic amines) is 1. The SMILES string of the molecule is CS(=O)(=O)N(CC(=O)Nc1ccccc1C(=O)N1CCCC1)c1ccc(Cl)cc1Cl. The summed E-state index contributed by atoms with van der Waals surface area (Å²) >= 11 is 12.0. The third kappa shape index (κ3) is 5.24. The van der Waals surface area contributed by atoms with Gasteiger partial charge in [-0.2, -0.15) is 0 Å². The summed E-state index contributed by atoms with van der Waals surface area (Å²) in [5.74, 6) is -0.766. The zero-order chi connectivity index (χ0) is 21.9. The fourth-order valence-electron chi connectivity index (χ4n) is 3.25. The summed E-state index contributed by atoms with van der Waals surface area (Å²) in [7, 11) is -3.81. The molecule has 1 saturated heterocycles. The minimum absolute atomic E-state index is 0.102. The molecule has 1 aliphatic rings. The number of anilines is 2. The van der Waals surface area contributed by atoms with Gasteiger partial charge in [0, 0.05) is 18.1 Å². The Morgan fingerprint density at radius 2 is 1.77 bits per heavy atom. The Hall–Kier alpha value is -2.29. The van der Waals surface area contributed by atoms with Crippen LogP contribution in [0.5, 0.6) is 0 Å². The molecule has 2 amide bonds. The lowest BCUT2D eigenvalue weighted by Crippen LogP contribution is -2.38. The molecule has 0 aromatic heterocycles. The second-order valence-corrected chi connectivity index (χ2v) is 9.71. The number of carbonyl (C=O) groups excluding carboxylic acids is 2. The van der Waals surface area contributed by atoms with Gasteiger partial charge in [-0.3, -0.25) is 13.9 Å². The molecule has 0 spiro atoms. The predicted octanol–water partition coefficient (Wildman–Crippen LogP) is 3.63. The highest BCUT2D eigenvalue weighted by atomic mass is 35.5. The zero-order valence-corrected chi connectivity index (χ0v) is 18.6. The van der Waals surface area contributed by atoms with Crippen molar-refractivity contribution >= 4 is 56.4 Å². The van der Waals surface area contributed by atoms with Crippen molar-refractivity contribution in [1.29, 1.82) is 0 Å². The van der Waals surface area contributed by atoms with Crippen LogP contribution in [0.25, 0.3) is 0 Å². The van der Waals surface area contributed by atoms with Crippen LogP contribution in [0.2, 0.25) is 10.0 Å². The fourth-order valence-corrected chi connectivity index (χ4v) is 4.68. The molecular formula is C20H21Cl2N3O4S. The lowest BCUT2D eigenvalue weighted by Gasteiger charge is -2.23. The maximum absolute atomic E-state index is 12.8. The zero-order valence-electron chi connectivity index (χ0n) is 16.3. The van der Waals surface area contributed by atoms with Gasteiger partial charge < -0.3 is 10.2 Å². The van der Waals surface area contributed by atoms with Crippen molar-refractivity contribution in [3.8, 4) is 0 Å². The van der Waals surface area contributed by atoms with Gasteiger partial charge in [0.05, 0.1) is 28.2 Å². The van der Waals surface area contributed by atoms with Crippen LogP contribution in [-0.2, 0) is 14.8 Å². The molecule has 1 aliphatic heterocycles. The molecule has 2 aromatic rings. The first-order valence-electron chi connectivity index (χ1n) is 9.28. The molecule has 0 unspecified atom stereocenters. The van der Waals surface area contributed by atoms with Crippen LogP contribution in [0.4, 0.5) is 11.4 Å². The minimum atomic E-state index is -3.81. The van der Waals surface area contributed by atoms with Crippen LogP contribution in [0, 0.1) is 0 Å². The Labute approximate surface area is 185 Å². The molecule has 0 aliphatic carbocycles. The van der Waals surface area contributed by atoms with E-state index in [9.17, 15) is 18.0 Å². The van der Waals surface area contributed by atoms with Gasteiger partial charge in [-0.05, 0) is 43.2 Å². The van der Waals surface area contributed by atoms with Crippen LogP contribution >= 0.6 is 23.2 Å². The highest BCUT2D eigenvalue weighted by molar-refractivity contribution is 7.92. The monoisotopic (exact) mass is 469 g/mol. The van der Waals surface area contributed by atoms with E-state index in [4.69, 9.17) is 23.2 Å². The summed E-state index contributed by atoms with van der Waals surface area (Å²) < 4.78 is 25.5. The molecule has 0 bridgehead atoms. The number of para-hydroxylation sites is 1. The number of nitrogens with one attached hydrogen (secondary N) is 1. The maximum atomic E-state index is 12.8. The average Bonchev–Trinajstić information content (AvgIpc) is 3.20. The Morgan fingerprint density at radius 1 is 1.10 bits per heavy atom. The average molecular weight is 470 g/mol. The molecule has 10 heteroatoms. The van der Waals surface area contributed by atoms with Crippen molar-refractivity contribution in [2.24, 2.45) is 0 Å². The van der Waals surface area contributed by atoms with E-state index in [1.807, 2.05) is 0 Å². The molecule has 0 atom stereocenters. The van der Waals surface area contributed by atoms with Gasteiger partial charge in [-0.1, -0.05) is 35.3 Å². The van der Waals surface area contributed by atoms with Gasteiger partial charge in [-0.25, -0.2) is 8.42 Å². The summed E-state index contributed by atoms with van der Waals surface area (Å²) in [4.78, 5) is 27.2. The molecule has 1 heterocycles. The second kappa shape index (κ2) is 9.24. The van der Waals surface area contributed by atoms with E-state index in [1.165, 1.54) is 18.2 Å². The van der Waals surface area contributed by atoms with Gasteiger partial charge in [0.25, 0.3) is 5.91 Å². The molecule has 7 nitrogen and oxygen atoms in total. The molecule has 0 radical (unpaired) electrons. The number of carbonyl (C=O) groups is 2. The van der Waals surface area contributed by atoms with Gasteiger partial charge in [0.1, 0.15) is 6.54 Å². The van der Waals surface area contributed by atoms with Crippen LogP contribution in [-0.4, -0.2) is 51.0 Å². The highest BCUT2D eigenvalue weighted by Gasteiger charge is 2.25. The smallest absolute Gasteiger partial charge is 0.255 e. The molecule has 3 rings (SSSR count). The predicted molar refractivity (Wildman–Crippen MR) is 119 cm³/mol. The normalized spacial score (nSPS) is 13.9. The minimum Gasteiger partial charge on any atom is -0.339 e. The number of amides is 2. The molecule has 1 fully saturated rings. The fraction of sp³-hybridized carbons (Fsp3) is 0.300. The van der Waals surface area contributed by atoms with Crippen molar-refractivity contribution < 1.29 is 18.0 Å². The summed E-state index contributed by atoms with van der Waals surface area (Å²) in [5, 5.41) is 3.10. The maximum Gasteiger partial charge on any atom is 0.255 e. The first-order chi connectivity index (χ1) is 14.2. The third-order valence-corrected chi connectivity index (χ3v) is 6.36. The van der Waals surface area contributed by atoms with E-state index in [2.05, 4.69) is 5.32 Å². The van der Waals surface area contributed by atoms with Crippen molar-refractivity contribution in [3.05, 3.63) is 58.1 Å². The van der Waals surface area contributed by atoms with E-state index in [-0.39, 0.29) is 16.6 Å². The Bertz CT molecular complexity index is 1070. The number of rotatable bonds is 6. The molecular weight excluding hydrogens is 449 g/mol. The van der Waals surface area contributed by atoms with Crippen LogP contribution in [0.1, 0.15) is 23.2 Å². The van der Waals surface area contributed by atoms with Gasteiger partial charge >= 0.3 is 0 Å². The van der Waals surface area contributed by atoms with Crippen LogP contribution in [0.15, 0.2) is 42.5 Å². The number of hydrogen-bond acceptors (Lipinski definition) is 4. The molecule has 2 aromatic carbocycles. The molecule has 0 saturated carbocycles. The Kier molecular flexibility index (Phi) is 6.90. The highest BCUT2D eigenvalue weighted by Crippen LogP contribution is 2.30. The van der Waals surface area contributed by atoms with Crippen molar-refractivity contribution in [2.75, 3.05) is 35.5 Å². The molecule has 1 N–H and O–H groups in total. The van der Waals surface area contributed by atoms with Crippen molar-refractivity contribution in [3.63, 3.8) is 0 Å². The topological polar surface area (TPSA) is 86.8 Å². The van der Waals surface area contributed by atoms with Crippen LogP contribution in [0.3, 0.4) is 0 Å². The molecule has 160 valence electrons. The number of hydrogen-bond donors (Lipinski definition) is 1. The Morgan fingerprint density at radius 3 is 2.40 bits per heavy atom. The summed E-state index contributed by atoms with van der Waals surface area (Å²) in [5.41, 5.74) is 0.832. The quantitative estimate of drug-likeness (QED) is 0.699. The van der Waals surface area contributed by atoms with E-state index < -0.39 is 22.5 Å². The number of halogens is 2. The van der Waals surface area contributed by atoms with E-state index in [1.54, 1.807) is 29.2 Å². The second-order valence-electron chi connectivity index (χ2n) is 6.96. The third-order valence-electron chi connectivity index (χ3n) is 4.69. The number of benzene rings is 2. The van der Waals surface area contributed by atoms with Crippen molar-refractivity contribution in [1.82, 2.24) is 4.90 Å². The summed E-state index contributed by atoms with van der Waals surface area (Å²) in [6.07, 6.45) is 2.88. The summed E-state index contributed by atoms with van der Waals surface area (Å²) in [6.45, 7) is 0.850. The van der Waals surface area contributed by atoms with Gasteiger partial charge in [-0.15, -0.1) is 0 Å². The van der Waals surface area contributed by atoms with Gasteiger partial charge in [0.15, 0.2) is 0 Å². The molecule has 30 heavy (non-hydrogen) atoms. The number of sulfonamides is 1. The van der Waals surface area contributed by atoms with E-state index >= 15 is 0 Å². The van der Waals surface area contributed by atoms with Crippen LogP contribution < -0.4 is 9.62 Å². The lowest BCUT2D eigenvalue weighted by atomic mass is 10.1. The largest absolute Gasteiger partial charge is 0.339 e. The first kappa shape index (κ1) is 22.4.